The van der Waals surface area contributed by atoms with E-state index in [1.165, 1.54) is 18.9 Å². The molecule has 1 N–H and O–H groups in total. The van der Waals surface area contributed by atoms with E-state index in [0.717, 1.165) is 25.9 Å². The van der Waals surface area contributed by atoms with E-state index < -0.39 is 5.82 Å². The van der Waals surface area contributed by atoms with Gasteiger partial charge in [-0.15, -0.1) is 0 Å². The van der Waals surface area contributed by atoms with Crippen molar-refractivity contribution in [3.63, 3.8) is 0 Å². The number of hydrogen-bond acceptors (Lipinski definition) is 2. The minimum atomic E-state index is -0.434. The molecule has 19 heavy (non-hydrogen) atoms. The summed E-state index contributed by atoms with van der Waals surface area (Å²) in [5, 5.41) is 3.18. The second-order valence-electron chi connectivity index (χ2n) is 4.77. The Morgan fingerprint density at radius 3 is 2.58 bits per heavy atom. The largest absolute Gasteiger partial charge is 0.374 e. The van der Waals surface area contributed by atoms with Crippen LogP contribution >= 0.6 is 11.6 Å². The first-order valence-electron chi connectivity index (χ1n) is 6.63. The van der Waals surface area contributed by atoms with Crippen molar-refractivity contribution in [2.75, 3.05) is 25.0 Å². The molecule has 0 bridgehead atoms. The molecule has 0 aliphatic carbocycles. The molecule has 0 atom stereocenters. The van der Waals surface area contributed by atoms with Crippen LogP contribution in [0.5, 0.6) is 0 Å². The molecule has 0 spiro atoms. The van der Waals surface area contributed by atoms with Crippen LogP contribution < -0.4 is 5.32 Å². The lowest BCUT2D eigenvalue weighted by Gasteiger charge is -2.20. The molecule has 104 valence electrons. The Bertz CT molecular complexity index is 445. The van der Waals surface area contributed by atoms with Gasteiger partial charge in [-0.05, 0) is 31.0 Å². The SMILES string of the molecule is O=C(CNc1ccc(Cl)cc1F)N1CCCCCC1. The van der Waals surface area contributed by atoms with Crippen molar-refractivity contribution in [1.29, 1.82) is 0 Å². The summed E-state index contributed by atoms with van der Waals surface area (Å²) < 4.78 is 13.5. The average Bonchev–Trinajstić information content (AvgIpc) is 2.66. The minimum Gasteiger partial charge on any atom is -0.374 e. The van der Waals surface area contributed by atoms with Crippen LogP contribution in [0.4, 0.5) is 10.1 Å². The average molecular weight is 285 g/mol. The maximum Gasteiger partial charge on any atom is 0.241 e. The summed E-state index contributed by atoms with van der Waals surface area (Å²) in [6, 6.07) is 4.39. The Kier molecular flexibility index (Phi) is 5.02. The van der Waals surface area contributed by atoms with Crippen LogP contribution in [0.25, 0.3) is 0 Å². The fraction of sp³-hybridized carbons (Fsp3) is 0.500. The van der Waals surface area contributed by atoms with E-state index >= 15 is 0 Å². The second kappa shape index (κ2) is 6.75. The van der Waals surface area contributed by atoms with Gasteiger partial charge >= 0.3 is 0 Å². The molecule has 1 aromatic carbocycles. The van der Waals surface area contributed by atoms with Crippen molar-refractivity contribution in [3.8, 4) is 0 Å². The number of likely N-dealkylation sites (tertiary alicyclic amines) is 1. The molecule has 1 aromatic rings. The van der Waals surface area contributed by atoms with E-state index in [0.29, 0.717) is 10.7 Å². The molecule has 5 heteroatoms. The number of nitrogens with zero attached hydrogens (tertiary/aromatic N) is 1. The van der Waals surface area contributed by atoms with Crippen molar-refractivity contribution < 1.29 is 9.18 Å². The number of benzene rings is 1. The van der Waals surface area contributed by atoms with E-state index in [4.69, 9.17) is 11.6 Å². The molecule has 1 saturated heterocycles. The van der Waals surface area contributed by atoms with Crippen LogP contribution in [0.2, 0.25) is 5.02 Å². The summed E-state index contributed by atoms with van der Waals surface area (Å²) in [5.41, 5.74) is 0.313. The fourth-order valence-electron chi connectivity index (χ4n) is 2.24. The van der Waals surface area contributed by atoms with Crippen LogP contribution in [-0.2, 0) is 4.79 Å². The van der Waals surface area contributed by atoms with Crippen molar-refractivity contribution in [2.45, 2.75) is 25.7 Å². The Morgan fingerprint density at radius 1 is 1.26 bits per heavy atom. The zero-order valence-corrected chi connectivity index (χ0v) is 11.5. The van der Waals surface area contributed by atoms with Gasteiger partial charge < -0.3 is 10.2 Å². The third-order valence-electron chi connectivity index (χ3n) is 3.32. The third-order valence-corrected chi connectivity index (χ3v) is 3.56. The zero-order chi connectivity index (χ0) is 13.7. The monoisotopic (exact) mass is 284 g/mol. The Hall–Kier alpha value is -1.29. The lowest BCUT2D eigenvalue weighted by atomic mass is 10.2. The quantitative estimate of drug-likeness (QED) is 0.924. The predicted octanol–water partition coefficient (Wildman–Crippen LogP) is 3.29. The Morgan fingerprint density at radius 2 is 1.95 bits per heavy atom. The van der Waals surface area contributed by atoms with Gasteiger partial charge in [-0.25, -0.2) is 4.39 Å². The number of amides is 1. The molecule has 2 rings (SSSR count). The van der Waals surface area contributed by atoms with Gasteiger partial charge in [-0.2, -0.15) is 0 Å². The van der Waals surface area contributed by atoms with E-state index in [1.807, 2.05) is 4.90 Å². The van der Waals surface area contributed by atoms with Crippen molar-refractivity contribution in [1.82, 2.24) is 4.90 Å². The Balaban J connectivity index is 1.88. The van der Waals surface area contributed by atoms with Gasteiger partial charge in [-0.3, -0.25) is 4.79 Å². The van der Waals surface area contributed by atoms with Gasteiger partial charge in [0.1, 0.15) is 5.82 Å². The summed E-state index contributed by atoms with van der Waals surface area (Å²) in [6.45, 7) is 1.74. The summed E-state index contributed by atoms with van der Waals surface area (Å²) >= 11 is 5.68. The zero-order valence-electron chi connectivity index (χ0n) is 10.8. The lowest BCUT2D eigenvalue weighted by molar-refractivity contribution is -0.129. The summed E-state index contributed by atoms with van der Waals surface area (Å²) in [5.74, 6) is -0.410. The fourth-order valence-corrected chi connectivity index (χ4v) is 2.39. The van der Waals surface area contributed by atoms with Crippen LogP contribution in [0.3, 0.4) is 0 Å². The molecule has 0 saturated carbocycles. The molecule has 1 aliphatic rings. The highest BCUT2D eigenvalue weighted by molar-refractivity contribution is 6.30. The van der Waals surface area contributed by atoms with Gasteiger partial charge in [0.25, 0.3) is 0 Å². The highest BCUT2D eigenvalue weighted by Crippen LogP contribution is 2.18. The number of rotatable bonds is 3. The summed E-state index contributed by atoms with van der Waals surface area (Å²) in [7, 11) is 0. The number of hydrogen-bond donors (Lipinski definition) is 1. The molecule has 0 aromatic heterocycles. The molecule has 1 heterocycles. The Labute approximate surface area is 117 Å². The number of nitrogens with one attached hydrogen (secondary N) is 1. The predicted molar refractivity (Wildman–Crippen MR) is 74.9 cm³/mol. The normalized spacial score (nSPS) is 16.0. The highest BCUT2D eigenvalue weighted by Gasteiger charge is 2.15. The number of carbonyl (C=O) groups excluding carboxylic acids is 1. The molecule has 1 aliphatic heterocycles. The molecular formula is C14H18ClFN2O. The number of anilines is 1. The van der Waals surface area contributed by atoms with Crippen LogP contribution in [0.15, 0.2) is 18.2 Å². The van der Waals surface area contributed by atoms with Crippen molar-refractivity contribution >= 4 is 23.2 Å². The van der Waals surface area contributed by atoms with Gasteiger partial charge in [0.15, 0.2) is 0 Å². The van der Waals surface area contributed by atoms with Crippen molar-refractivity contribution in [2.24, 2.45) is 0 Å². The highest BCUT2D eigenvalue weighted by atomic mass is 35.5. The molecule has 0 radical (unpaired) electrons. The van der Waals surface area contributed by atoms with Crippen LogP contribution in [0, 0.1) is 5.82 Å². The van der Waals surface area contributed by atoms with Gasteiger partial charge in [0, 0.05) is 18.1 Å². The molecule has 3 nitrogen and oxygen atoms in total. The first-order chi connectivity index (χ1) is 9.16. The van der Waals surface area contributed by atoms with Gasteiger partial charge in [-0.1, -0.05) is 24.4 Å². The third kappa shape index (κ3) is 4.10. The standard InChI is InChI=1S/C14H18ClFN2O/c15-11-5-6-13(12(16)9-11)17-10-14(19)18-7-3-1-2-4-8-18/h5-6,9,17H,1-4,7-8,10H2. The topological polar surface area (TPSA) is 32.3 Å². The minimum absolute atomic E-state index is 0.0243. The first-order valence-corrected chi connectivity index (χ1v) is 7.01. The maximum atomic E-state index is 13.5. The summed E-state index contributed by atoms with van der Waals surface area (Å²) in [6.07, 6.45) is 4.48. The smallest absolute Gasteiger partial charge is 0.241 e. The first kappa shape index (κ1) is 14.1. The maximum absolute atomic E-state index is 13.5. The van der Waals surface area contributed by atoms with Gasteiger partial charge in [0.2, 0.25) is 5.91 Å². The molecule has 0 unspecified atom stereocenters. The number of halogens is 2. The second-order valence-corrected chi connectivity index (χ2v) is 5.21. The van der Waals surface area contributed by atoms with Crippen LogP contribution in [-0.4, -0.2) is 30.4 Å². The molecular weight excluding hydrogens is 267 g/mol. The molecule has 1 fully saturated rings. The molecule has 1 amide bonds. The van der Waals surface area contributed by atoms with E-state index in [1.54, 1.807) is 12.1 Å². The van der Waals surface area contributed by atoms with Crippen LogP contribution in [0.1, 0.15) is 25.7 Å². The van der Waals surface area contributed by atoms with E-state index in [-0.39, 0.29) is 12.5 Å². The van der Waals surface area contributed by atoms with E-state index in [2.05, 4.69) is 5.32 Å². The van der Waals surface area contributed by atoms with Crippen molar-refractivity contribution in [3.05, 3.63) is 29.0 Å². The number of carbonyl (C=O) groups is 1. The van der Waals surface area contributed by atoms with Gasteiger partial charge in [0.05, 0.1) is 12.2 Å². The van der Waals surface area contributed by atoms with E-state index in [9.17, 15) is 9.18 Å². The lowest BCUT2D eigenvalue weighted by Crippen LogP contribution is -2.36. The summed E-state index contributed by atoms with van der Waals surface area (Å²) in [4.78, 5) is 13.9.